The van der Waals surface area contributed by atoms with E-state index in [1.54, 1.807) is 24.3 Å². The minimum Gasteiger partial charge on any atom is -0.481 e. The number of rotatable bonds is 4. The van der Waals surface area contributed by atoms with Gasteiger partial charge in [0.25, 0.3) is 0 Å². The minimum atomic E-state index is -0.987. The van der Waals surface area contributed by atoms with E-state index >= 15 is 0 Å². The van der Waals surface area contributed by atoms with Crippen LogP contribution in [0.3, 0.4) is 0 Å². The highest BCUT2D eigenvalue weighted by Gasteiger charge is 2.34. The summed E-state index contributed by atoms with van der Waals surface area (Å²) in [5.74, 6) is -1.71. The summed E-state index contributed by atoms with van der Waals surface area (Å²) in [4.78, 5) is 22.7. The molecule has 2 unspecified atom stereocenters. The van der Waals surface area contributed by atoms with Gasteiger partial charge in [-0.25, -0.2) is 4.79 Å². The molecule has 7 nitrogen and oxygen atoms in total. The lowest BCUT2D eigenvalue weighted by Gasteiger charge is -2.16. The molecule has 2 rings (SSSR count). The van der Waals surface area contributed by atoms with E-state index in [1.165, 1.54) is 0 Å². The molecular formula is C14H15N3O4. The average Bonchev–Trinajstić information content (AvgIpc) is 2.93. The number of hydrogen-bond acceptors (Lipinski definition) is 4. The third-order valence-electron chi connectivity index (χ3n) is 3.22. The number of hydrogen-bond donors (Lipinski definition) is 3. The number of carboxylic acid groups (broad SMARTS) is 1. The van der Waals surface area contributed by atoms with Gasteiger partial charge >= 0.3 is 12.0 Å². The lowest BCUT2D eigenvalue weighted by molar-refractivity contribution is -0.142. The van der Waals surface area contributed by atoms with Crippen LogP contribution in [-0.2, 0) is 16.1 Å². The fourth-order valence-electron chi connectivity index (χ4n) is 2.09. The van der Waals surface area contributed by atoms with Crippen molar-refractivity contribution in [3.8, 4) is 6.07 Å². The molecule has 0 radical (unpaired) electrons. The lowest BCUT2D eigenvalue weighted by atomic mass is 10.0. The molecule has 0 bridgehead atoms. The lowest BCUT2D eigenvalue weighted by Crippen LogP contribution is -2.47. The molecule has 1 aromatic rings. The Kier molecular flexibility index (Phi) is 4.74. The maximum atomic E-state index is 11.8. The van der Waals surface area contributed by atoms with Gasteiger partial charge in [-0.3, -0.25) is 4.79 Å². The van der Waals surface area contributed by atoms with Crippen LogP contribution in [0.5, 0.6) is 0 Å². The van der Waals surface area contributed by atoms with Crippen LogP contribution in [0.15, 0.2) is 24.3 Å². The van der Waals surface area contributed by atoms with Crippen molar-refractivity contribution < 1.29 is 19.4 Å². The van der Waals surface area contributed by atoms with E-state index in [-0.39, 0.29) is 19.8 Å². The summed E-state index contributed by atoms with van der Waals surface area (Å²) < 4.78 is 5.07. The standard InChI is InChI=1S/C14H15N3O4/c15-5-9-2-1-3-10(4-9)6-16-14(20)17-12-8-21-7-11(12)13(18)19/h1-4,11-12H,6-8H2,(H,18,19)(H2,16,17,20). The molecule has 110 valence electrons. The van der Waals surface area contributed by atoms with Crippen LogP contribution < -0.4 is 10.6 Å². The first-order chi connectivity index (χ1) is 10.1. The van der Waals surface area contributed by atoms with Crippen LogP contribution in [0.25, 0.3) is 0 Å². The molecule has 0 aromatic heterocycles. The van der Waals surface area contributed by atoms with Crippen molar-refractivity contribution >= 4 is 12.0 Å². The van der Waals surface area contributed by atoms with E-state index in [4.69, 9.17) is 15.1 Å². The molecule has 1 aliphatic heterocycles. The van der Waals surface area contributed by atoms with Crippen molar-refractivity contribution in [3.05, 3.63) is 35.4 Å². The molecule has 0 saturated carbocycles. The predicted octanol–water partition coefficient (Wildman–Crippen LogP) is 0.457. The van der Waals surface area contributed by atoms with Gasteiger partial charge in [0.2, 0.25) is 0 Å². The molecule has 2 amide bonds. The number of benzene rings is 1. The highest BCUT2D eigenvalue weighted by molar-refractivity contribution is 5.77. The summed E-state index contributed by atoms with van der Waals surface area (Å²) in [6, 6.07) is 7.91. The molecule has 1 aliphatic rings. The first-order valence-electron chi connectivity index (χ1n) is 6.44. The quantitative estimate of drug-likeness (QED) is 0.745. The van der Waals surface area contributed by atoms with Crippen LogP contribution in [0.4, 0.5) is 4.79 Å². The summed E-state index contributed by atoms with van der Waals surface area (Å²) in [6.07, 6.45) is 0. The van der Waals surface area contributed by atoms with E-state index < -0.39 is 24.0 Å². The monoisotopic (exact) mass is 289 g/mol. The van der Waals surface area contributed by atoms with Crippen LogP contribution in [0.2, 0.25) is 0 Å². The SMILES string of the molecule is N#Cc1cccc(CNC(=O)NC2COCC2C(=O)O)c1. The van der Waals surface area contributed by atoms with E-state index in [0.29, 0.717) is 5.56 Å². The van der Waals surface area contributed by atoms with E-state index in [1.807, 2.05) is 6.07 Å². The predicted molar refractivity (Wildman–Crippen MR) is 72.3 cm³/mol. The molecule has 0 spiro atoms. The molecule has 1 fully saturated rings. The van der Waals surface area contributed by atoms with Gasteiger partial charge in [-0.1, -0.05) is 12.1 Å². The third-order valence-corrected chi connectivity index (χ3v) is 3.22. The van der Waals surface area contributed by atoms with Gasteiger partial charge in [0.1, 0.15) is 5.92 Å². The normalized spacial score (nSPS) is 20.5. The number of carboxylic acids is 1. The molecule has 21 heavy (non-hydrogen) atoms. The highest BCUT2D eigenvalue weighted by atomic mass is 16.5. The van der Waals surface area contributed by atoms with E-state index in [9.17, 15) is 9.59 Å². The second-order valence-electron chi connectivity index (χ2n) is 4.73. The Morgan fingerprint density at radius 1 is 1.43 bits per heavy atom. The van der Waals surface area contributed by atoms with Crippen molar-refractivity contribution in [3.63, 3.8) is 0 Å². The third kappa shape index (κ3) is 3.94. The van der Waals surface area contributed by atoms with Crippen molar-refractivity contribution in [1.82, 2.24) is 10.6 Å². The zero-order chi connectivity index (χ0) is 15.2. The smallest absolute Gasteiger partial charge is 0.315 e. The summed E-state index contributed by atoms with van der Waals surface area (Å²) in [6.45, 7) is 0.547. The van der Waals surface area contributed by atoms with Gasteiger partial charge in [0, 0.05) is 6.54 Å². The van der Waals surface area contributed by atoms with Gasteiger partial charge in [-0.2, -0.15) is 5.26 Å². The average molecular weight is 289 g/mol. The van der Waals surface area contributed by atoms with Gasteiger partial charge in [-0.05, 0) is 17.7 Å². The molecule has 1 aromatic carbocycles. The van der Waals surface area contributed by atoms with Gasteiger partial charge in [0.05, 0.1) is 30.9 Å². The van der Waals surface area contributed by atoms with Crippen LogP contribution >= 0.6 is 0 Å². The molecule has 2 atom stereocenters. The minimum absolute atomic E-state index is 0.102. The van der Waals surface area contributed by atoms with Crippen molar-refractivity contribution in [2.45, 2.75) is 12.6 Å². The number of nitriles is 1. The highest BCUT2D eigenvalue weighted by Crippen LogP contribution is 2.13. The molecule has 1 heterocycles. The molecule has 1 saturated heterocycles. The number of carbonyl (C=O) groups is 2. The summed E-state index contributed by atoms with van der Waals surface area (Å²) in [7, 11) is 0. The Morgan fingerprint density at radius 3 is 2.95 bits per heavy atom. The summed E-state index contributed by atoms with van der Waals surface area (Å²) >= 11 is 0. The van der Waals surface area contributed by atoms with Gasteiger partial charge < -0.3 is 20.5 Å². The number of urea groups is 1. The molecule has 0 aliphatic carbocycles. The molecular weight excluding hydrogens is 274 g/mol. The first-order valence-corrected chi connectivity index (χ1v) is 6.44. The maximum Gasteiger partial charge on any atom is 0.315 e. The van der Waals surface area contributed by atoms with Crippen molar-refractivity contribution in [2.24, 2.45) is 5.92 Å². The zero-order valence-electron chi connectivity index (χ0n) is 11.2. The van der Waals surface area contributed by atoms with Gasteiger partial charge in [0.15, 0.2) is 0 Å². The maximum absolute atomic E-state index is 11.8. The topological polar surface area (TPSA) is 111 Å². The number of carbonyl (C=O) groups excluding carboxylic acids is 1. The molecule has 3 N–H and O–H groups in total. The fourth-order valence-corrected chi connectivity index (χ4v) is 2.09. The van der Waals surface area contributed by atoms with Crippen LogP contribution in [-0.4, -0.2) is 36.4 Å². The molecule has 7 heteroatoms. The number of nitrogens with one attached hydrogen (secondary N) is 2. The summed E-state index contributed by atoms with van der Waals surface area (Å²) in [5, 5.41) is 23.0. The van der Waals surface area contributed by atoms with Crippen LogP contribution in [0, 0.1) is 17.2 Å². The number of nitrogens with zero attached hydrogens (tertiary/aromatic N) is 1. The number of ether oxygens (including phenoxy) is 1. The second-order valence-corrected chi connectivity index (χ2v) is 4.73. The van der Waals surface area contributed by atoms with E-state index in [0.717, 1.165) is 5.56 Å². The Bertz CT molecular complexity index is 582. The number of amides is 2. The van der Waals surface area contributed by atoms with Crippen molar-refractivity contribution in [1.29, 1.82) is 5.26 Å². The fraction of sp³-hybridized carbons (Fsp3) is 0.357. The summed E-state index contributed by atoms with van der Waals surface area (Å²) in [5.41, 5.74) is 1.31. The Labute approximate surface area is 121 Å². The second kappa shape index (κ2) is 6.72. The number of aliphatic carboxylic acids is 1. The zero-order valence-corrected chi connectivity index (χ0v) is 11.2. The van der Waals surface area contributed by atoms with E-state index in [2.05, 4.69) is 10.6 Å². The Hall–Kier alpha value is -2.59. The van der Waals surface area contributed by atoms with Crippen molar-refractivity contribution in [2.75, 3.05) is 13.2 Å². The Morgan fingerprint density at radius 2 is 2.24 bits per heavy atom. The Balaban J connectivity index is 1.85. The first kappa shape index (κ1) is 14.8. The van der Waals surface area contributed by atoms with Crippen LogP contribution in [0.1, 0.15) is 11.1 Å². The largest absolute Gasteiger partial charge is 0.481 e. The van der Waals surface area contributed by atoms with Gasteiger partial charge in [-0.15, -0.1) is 0 Å².